The van der Waals surface area contributed by atoms with E-state index in [4.69, 9.17) is 10.5 Å². The standard InChI is InChI=1S/C8H14N2O2/c9-5-3-7(4-5)12-8(11)10-6-1-2-6/h5-7H,1-4,9H2,(H,10,11). The predicted molar refractivity (Wildman–Crippen MR) is 43.6 cm³/mol. The summed E-state index contributed by atoms with van der Waals surface area (Å²) in [5.41, 5.74) is 5.55. The van der Waals surface area contributed by atoms with Gasteiger partial charge in [-0.2, -0.15) is 0 Å². The molecule has 0 unspecified atom stereocenters. The molecule has 2 aliphatic rings. The Balaban J connectivity index is 1.62. The lowest BCUT2D eigenvalue weighted by atomic mass is 9.90. The molecule has 0 saturated heterocycles. The third kappa shape index (κ3) is 1.88. The highest BCUT2D eigenvalue weighted by molar-refractivity contribution is 5.68. The maximum absolute atomic E-state index is 11.0. The molecule has 68 valence electrons. The van der Waals surface area contributed by atoms with Crippen molar-refractivity contribution in [3.8, 4) is 0 Å². The van der Waals surface area contributed by atoms with Crippen LogP contribution in [0.25, 0.3) is 0 Å². The van der Waals surface area contributed by atoms with Gasteiger partial charge < -0.3 is 15.8 Å². The molecule has 0 atom stereocenters. The summed E-state index contributed by atoms with van der Waals surface area (Å²) in [5.74, 6) is 0. The number of nitrogens with two attached hydrogens (primary N) is 1. The van der Waals surface area contributed by atoms with E-state index < -0.39 is 0 Å². The van der Waals surface area contributed by atoms with Gasteiger partial charge in [0.1, 0.15) is 6.10 Å². The van der Waals surface area contributed by atoms with Crippen LogP contribution in [0.4, 0.5) is 4.79 Å². The van der Waals surface area contributed by atoms with Gasteiger partial charge in [0.25, 0.3) is 0 Å². The number of ether oxygens (including phenoxy) is 1. The van der Waals surface area contributed by atoms with E-state index in [9.17, 15) is 4.79 Å². The van der Waals surface area contributed by atoms with Crippen LogP contribution < -0.4 is 11.1 Å². The Kier molecular flexibility index (Phi) is 1.92. The minimum atomic E-state index is -0.269. The highest BCUT2D eigenvalue weighted by Gasteiger charge is 2.31. The van der Waals surface area contributed by atoms with Crippen molar-refractivity contribution in [3.63, 3.8) is 0 Å². The Bertz CT molecular complexity index is 185. The molecule has 0 aromatic carbocycles. The first-order valence-electron chi connectivity index (χ1n) is 4.47. The zero-order valence-electron chi connectivity index (χ0n) is 6.95. The van der Waals surface area contributed by atoms with Gasteiger partial charge in [-0.25, -0.2) is 4.79 Å². The number of alkyl carbamates (subject to hydrolysis) is 1. The van der Waals surface area contributed by atoms with Gasteiger partial charge >= 0.3 is 6.09 Å². The average molecular weight is 170 g/mol. The van der Waals surface area contributed by atoms with E-state index >= 15 is 0 Å². The molecular formula is C8H14N2O2. The van der Waals surface area contributed by atoms with E-state index in [1.807, 2.05) is 0 Å². The van der Waals surface area contributed by atoms with Crippen molar-refractivity contribution in [2.75, 3.05) is 0 Å². The lowest BCUT2D eigenvalue weighted by molar-refractivity contribution is 0.0410. The molecule has 0 bridgehead atoms. The molecule has 2 aliphatic carbocycles. The quantitative estimate of drug-likeness (QED) is 0.629. The van der Waals surface area contributed by atoms with Gasteiger partial charge in [0.05, 0.1) is 0 Å². The van der Waals surface area contributed by atoms with Crippen molar-refractivity contribution >= 4 is 6.09 Å². The zero-order chi connectivity index (χ0) is 8.55. The first-order chi connectivity index (χ1) is 5.74. The van der Waals surface area contributed by atoms with E-state index in [0.29, 0.717) is 6.04 Å². The smallest absolute Gasteiger partial charge is 0.407 e. The highest BCUT2D eigenvalue weighted by atomic mass is 16.6. The molecule has 4 nitrogen and oxygen atoms in total. The Morgan fingerprint density at radius 2 is 2.08 bits per heavy atom. The van der Waals surface area contributed by atoms with Crippen molar-refractivity contribution in [1.82, 2.24) is 5.32 Å². The summed E-state index contributed by atoms with van der Waals surface area (Å²) in [5, 5.41) is 2.77. The van der Waals surface area contributed by atoms with Crippen LogP contribution in [0.3, 0.4) is 0 Å². The number of hydrogen-bond acceptors (Lipinski definition) is 3. The van der Waals surface area contributed by atoms with Crippen molar-refractivity contribution < 1.29 is 9.53 Å². The van der Waals surface area contributed by atoms with Crippen molar-refractivity contribution in [1.29, 1.82) is 0 Å². The molecule has 0 aromatic rings. The van der Waals surface area contributed by atoms with Crippen molar-refractivity contribution in [2.45, 2.75) is 43.9 Å². The molecule has 0 aromatic heterocycles. The maximum Gasteiger partial charge on any atom is 0.407 e. The van der Waals surface area contributed by atoms with Gasteiger partial charge in [-0.3, -0.25) is 0 Å². The second kappa shape index (κ2) is 2.94. The molecule has 0 heterocycles. The topological polar surface area (TPSA) is 64.3 Å². The molecular weight excluding hydrogens is 156 g/mol. The Morgan fingerprint density at radius 3 is 2.58 bits per heavy atom. The second-order valence-electron chi connectivity index (χ2n) is 3.68. The number of nitrogens with one attached hydrogen (secondary N) is 1. The molecule has 0 spiro atoms. The molecule has 2 fully saturated rings. The fraction of sp³-hybridized carbons (Fsp3) is 0.875. The third-order valence-electron chi connectivity index (χ3n) is 2.30. The Hall–Kier alpha value is -0.770. The summed E-state index contributed by atoms with van der Waals surface area (Å²) >= 11 is 0. The predicted octanol–water partition coefficient (Wildman–Crippen LogP) is 0.365. The average Bonchev–Trinajstić information content (AvgIpc) is 2.68. The number of amides is 1. The van der Waals surface area contributed by atoms with E-state index in [0.717, 1.165) is 25.7 Å². The number of carbonyl (C=O) groups excluding carboxylic acids is 1. The largest absolute Gasteiger partial charge is 0.446 e. The van der Waals surface area contributed by atoms with E-state index in [1.165, 1.54) is 0 Å². The normalized spacial score (nSPS) is 33.8. The monoisotopic (exact) mass is 170 g/mol. The van der Waals surface area contributed by atoms with Crippen LogP contribution in [0, 0.1) is 0 Å². The van der Waals surface area contributed by atoms with Crippen LogP contribution in [0.1, 0.15) is 25.7 Å². The van der Waals surface area contributed by atoms with Crippen LogP contribution in [0.5, 0.6) is 0 Å². The summed E-state index contributed by atoms with van der Waals surface area (Å²) in [6, 6.07) is 0.620. The number of carbonyl (C=O) groups is 1. The number of hydrogen-bond donors (Lipinski definition) is 2. The molecule has 0 aliphatic heterocycles. The SMILES string of the molecule is NC1CC(OC(=O)NC2CC2)C1. The first kappa shape index (κ1) is 7.86. The van der Waals surface area contributed by atoms with Gasteiger partial charge in [-0.05, 0) is 25.7 Å². The molecule has 0 radical (unpaired) electrons. The minimum Gasteiger partial charge on any atom is -0.446 e. The van der Waals surface area contributed by atoms with Crippen LogP contribution in [-0.4, -0.2) is 24.3 Å². The molecule has 2 rings (SSSR count). The van der Waals surface area contributed by atoms with E-state index in [2.05, 4.69) is 5.32 Å². The Labute approximate surface area is 71.4 Å². The van der Waals surface area contributed by atoms with E-state index in [-0.39, 0.29) is 18.2 Å². The first-order valence-corrected chi connectivity index (χ1v) is 4.47. The number of rotatable bonds is 2. The molecule has 4 heteroatoms. The van der Waals surface area contributed by atoms with Gasteiger partial charge in [0.2, 0.25) is 0 Å². The van der Waals surface area contributed by atoms with Gasteiger partial charge in [-0.1, -0.05) is 0 Å². The van der Waals surface area contributed by atoms with Crippen LogP contribution >= 0.6 is 0 Å². The third-order valence-corrected chi connectivity index (χ3v) is 2.30. The van der Waals surface area contributed by atoms with Crippen molar-refractivity contribution in [2.24, 2.45) is 5.73 Å². The summed E-state index contributed by atoms with van der Waals surface area (Å²) in [7, 11) is 0. The maximum atomic E-state index is 11.0. The van der Waals surface area contributed by atoms with Gasteiger partial charge in [0, 0.05) is 12.1 Å². The highest BCUT2D eigenvalue weighted by Crippen LogP contribution is 2.23. The van der Waals surface area contributed by atoms with Crippen molar-refractivity contribution in [3.05, 3.63) is 0 Å². The van der Waals surface area contributed by atoms with Gasteiger partial charge in [-0.15, -0.1) is 0 Å². The summed E-state index contributed by atoms with van der Waals surface area (Å²) < 4.78 is 5.08. The molecule has 3 N–H and O–H groups in total. The summed E-state index contributed by atoms with van der Waals surface area (Å²) in [6.45, 7) is 0. The lowest BCUT2D eigenvalue weighted by Gasteiger charge is -2.31. The second-order valence-corrected chi connectivity index (χ2v) is 3.68. The van der Waals surface area contributed by atoms with Gasteiger partial charge in [0.15, 0.2) is 0 Å². The fourth-order valence-electron chi connectivity index (χ4n) is 1.28. The van der Waals surface area contributed by atoms with E-state index in [1.54, 1.807) is 0 Å². The minimum absolute atomic E-state index is 0.0683. The molecule has 12 heavy (non-hydrogen) atoms. The molecule has 2 saturated carbocycles. The zero-order valence-corrected chi connectivity index (χ0v) is 6.95. The van der Waals surface area contributed by atoms with Crippen LogP contribution in [-0.2, 0) is 4.74 Å². The van der Waals surface area contributed by atoms with Crippen LogP contribution in [0.15, 0.2) is 0 Å². The molecule has 1 amide bonds. The fourth-order valence-corrected chi connectivity index (χ4v) is 1.28. The van der Waals surface area contributed by atoms with Crippen LogP contribution in [0.2, 0.25) is 0 Å². The summed E-state index contributed by atoms with van der Waals surface area (Å²) in [6.07, 6.45) is 3.63. The summed E-state index contributed by atoms with van der Waals surface area (Å²) in [4.78, 5) is 11.0. The lowest BCUT2D eigenvalue weighted by Crippen LogP contribution is -2.44. The Morgan fingerprint density at radius 1 is 1.42 bits per heavy atom.